The summed E-state index contributed by atoms with van der Waals surface area (Å²) in [5.74, 6) is -0.909. The molecule has 0 radical (unpaired) electrons. The molecule has 0 heterocycles. The van der Waals surface area contributed by atoms with Crippen LogP contribution in [0.25, 0.3) is 0 Å². The van der Waals surface area contributed by atoms with Gasteiger partial charge in [0.25, 0.3) is 0 Å². The van der Waals surface area contributed by atoms with Gasteiger partial charge in [0.1, 0.15) is 13.2 Å². The molecular formula is C47H86O6. The fraction of sp³-hybridized carbons (Fsp3) is 0.851. The second-order valence-corrected chi connectivity index (χ2v) is 15.3. The molecule has 53 heavy (non-hydrogen) atoms. The van der Waals surface area contributed by atoms with Crippen LogP contribution in [0.1, 0.15) is 239 Å². The molecule has 0 bridgehead atoms. The third-order valence-corrected chi connectivity index (χ3v) is 9.97. The second-order valence-electron chi connectivity index (χ2n) is 15.3. The molecule has 0 spiro atoms. The number of unbranched alkanes of at least 4 members (excludes halogenated alkanes) is 26. The highest BCUT2D eigenvalue weighted by atomic mass is 16.6. The summed E-state index contributed by atoms with van der Waals surface area (Å²) < 4.78 is 16.7. The van der Waals surface area contributed by atoms with Crippen LogP contribution in [0, 0.1) is 0 Å². The summed E-state index contributed by atoms with van der Waals surface area (Å²) in [5, 5.41) is 0. The van der Waals surface area contributed by atoms with Gasteiger partial charge in [0.15, 0.2) is 6.10 Å². The minimum Gasteiger partial charge on any atom is -0.462 e. The molecule has 0 aromatic heterocycles. The monoisotopic (exact) mass is 747 g/mol. The van der Waals surface area contributed by atoms with E-state index in [2.05, 4.69) is 45.1 Å². The van der Waals surface area contributed by atoms with Gasteiger partial charge in [-0.15, -0.1) is 0 Å². The molecule has 0 fully saturated rings. The van der Waals surface area contributed by atoms with Crippen molar-refractivity contribution in [3.8, 4) is 0 Å². The van der Waals surface area contributed by atoms with E-state index in [0.717, 1.165) is 70.6 Å². The number of hydrogen-bond donors (Lipinski definition) is 0. The van der Waals surface area contributed by atoms with E-state index in [1.807, 2.05) is 0 Å². The van der Waals surface area contributed by atoms with E-state index in [1.165, 1.54) is 128 Å². The van der Waals surface area contributed by atoms with Gasteiger partial charge in [0, 0.05) is 19.3 Å². The van der Waals surface area contributed by atoms with Gasteiger partial charge in [-0.1, -0.05) is 199 Å². The van der Waals surface area contributed by atoms with Crippen molar-refractivity contribution >= 4 is 17.9 Å². The molecule has 6 heteroatoms. The first-order valence-electron chi connectivity index (χ1n) is 22.8. The fourth-order valence-electron chi connectivity index (χ4n) is 6.54. The molecule has 310 valence electrons. The van der Waals surface area contributed by atoms with E-state index in [4.69, 9.17) is 14.2 Å². The third-order valence-electron chi connectivity index (χ3n) is 9.97. The number of esters is 3. The van der Waals surface area contributed by atoms with Crippen LogP contribution in [0.15, 0.2) is 24.3 Å². The van der Waals surface area contributed by atoms with Gasteiger partial charge in [-0.05, 0) is 44.9 Å². The average Bonchev–Trinajstić information content (AvgIpc) is 3.15. The topological polar surface area (TPSA) is 78.9 Å². The maximum atomic E-state index is 12.7. The smallest absolute Gasteiger partial charge is 0.306 e. The molecule has 0 aromatic rings. The van der Waals surface area contributed by atoms with Crippen molar-refractivity contribution in [1.29, 1.82) is 0 Å². The molecule has 0 aliphatic carbocycles. The van der Waals surface area contributed by atoms with Crippen molar-refractivity contribution in [2.24, 2.45) is 0 Å². The van der Waals surface area contributed by atoms with Gasteiger partial charge in [0.2, 0.25) is 0 Å². The standard InChI is InChI=1S/C47H86O6/c1-4-7-10-13-16-19-21-23-25-28-31-34-37-40-46(49)52-43-44(42-51-45(48)39-36-33-30-27-18-15-12-9-6-3)53-47(50)41-38-35-32-29-26-24-22-20-17-14-11-8-5-2/h9,12,18,27,44H,4-8,10-11,13-17,19-26,28-43H2,1-3H3/b12-9-,27-18-. The first-order valence-corrected chi connectivity index (χ1v) is 22.8. The molecule has 0 aromatic carbocycles. The van der Waals surface area contributed by atoms with Gasteiger partial charge in [-0.2, -0.15) is 0 Å². The Morgan fingerprint density at radius 1 is 0.396 bits per heavy atom. The largest absolute Gasteiger partial charge is 0.462 e. The Bertz CT molecular complexity index is 865. The van der Waals surface area contributed by atoms with Crippen molar-refractivity contribution in [2.75, 3.05) is 13.2 Å². The zero-order chi connectivity index (χ0) is 38.7. The average molecular weight is 747 g/mol. The number of carbonyl (C=O) groups excluding carboxylic acids is 3. The van der Waals surface area contributed by atoms with Crippen LogP contribution < -0.4 is 0 Å². The second kappa shape index (κ2) is 42.6. The van der Waals surface area contributed by atoms with Crippen LogP contribution in [0.3, 0.4) is 0 Å². The van der Waals surface area contributed by atoms with E-state index < -0.39 is 6.10 Å². The van der Waals surface area contributed by atoms with Gasteiger partial charge in [-0.3, -0.25) is 14.4 Å². The van der Waals surface area contributed by atoms with E-state index in [9.17, 15) is 14.4 Å². The van der Waals surface area contributed by atoms with E-state index >= 15 is 0 Å². The highest BCUT2D eigenvalue weighted by molar-refractivity contribution is 5.71. The van der Waals surface area contributed by atoms with Crippen LogP contribution in [0.5, 0.6) is 0 Å². The summed E-state index contributed by atoms with van der Waals surface area (Å²) in [5.41, 5.74) is 0. The van der Waals surface area contributed by atoms with Crippen molar-refractivity contribution in [3.05, 3.63) is 24.3 Å². The summed E-state index contributed by atoms with van der Waals surface area (Å²) in [7, 11) is 0. The Balaban J connectivity index is 4.34. The third kappa shape index (κ3) is 40.9. The molecule has 0 saturated heterocycles. The highest BCUT2D eigenvalue weighted by Gasteiger charge is 2.19. The Hall–Kier alpha value is -2.11. The molecular weight excluding hydrogens is 661 g/mol. The Labute approximate surface area is 328 Å². The first-order chi connectivity index (χ1) is 26.0. The molecule has 0 aliphatic heterocycles. The SMILES string of the molecule is CC/C=C\C/C=C\CCCCC(=O)OCC(COC(=O)CCCCCCCCCCCCCCC)OC(=O)CCCCCCCCCCCCCCC. The highest BCUT2D eigenvalue weighted by Crippen LogP contribution is 2.15. The molecule has 0 saturated carbocycles. The fourth-order valence-corrected chi connectivity index (χ4v) is 6.54. The zero-order valence-electron chi connectivity index (χ0n) is 35.3. The van der Waals surface area contributed by atoms with Crippen LogP contribution in [0.4, 0.5) is 0 Å². The lowest BCUT2D eigenvalue weighted by atomic mass is 10.0. The van der Waals surface area contributed by atoms with Crippen LogP contribution >= 0.6 is 0 Å². The number of rotatable bonds is 41. The predicted molar refractivity (Wildman–Crippen MR) is 224 cm³/mol. The van der Waals surface area contributed by atoms with Crippen molar-refractivity contribution in [1.82, 2.24) is 0 Å². The molecule has 0 N–H and O–H groups in total. The summed E-state index contributed by atoms with van der Waals surface area (Å²) in [6.45, 7) is 6.49. The maximum Gasteiger partial charge on any atom is 0.306 e. The van der Waals surface area contributed by atoms with Crippen molar-refractivity contribution in [2.45, 2.75) is 245 Å². The lowest BCUT2D eigenvalue weighted by Gasteiger charge is -2.18. The minimum atomic E-state index is -0.775. The van der Waals surface area contributed by atoms with Crippen molar-refractivity contribution < 1.29 is 28.6 Å². The Kier molecular flexibility index (Phi) is 40.9. The number of carbonyl (C=O) groups is 3. The quantitative estimate of drug-likeness (QED) is 0.0268. The molecule has 0 aliphatic rings. The minimum absolute atomic E-state index is 0.0772. The molecule has 0 rings (SSSR count). The number of ether oxygens (including phenoxy) is 3. The number of allylic oxidation sites excluding steroid dienone is 4. The lowest BCUT2D eigenvalue weighted by molar-refractivity contribution is -0.167. The van der Waals surface area contributed by atoms with E-state index in [-0.39, 0.29) is 31.1 Å². The molecule has 1 unspecified atom stereocenters. The first kappa shape index (κ1) is 50.9. The number of hydrogen-bond acceptors (Lipinski definition) is 6. The van der Waals surface area contributed by atoms with Gasteiger partial charge in [0.05, 0.1) is 0 Å². The van der Waals surface area contributed by atoms with Gasteiger partial charge in [-0.25, -0.2) is 0 Å². The normalized spacial score (nSPS) is 12.1. The summed E-state index contributed by atoms with van der Waals surface area (Å²) in [4.78, 5) is 37.6. The van der Waals surface area contributed by atoms with Crippen LogP contribution in [-0.4, -0.2) is 37.2 Å². The Morgan fingerprint density at radius 2 is 0.736 bits per heavy atom. The summed E-state index contributed by atoms with van der Waals surface area (Å²) in [6, 6.07) is 0. The molecule has 0 amide bonds. The van der Waals surface area contributed by atoms with Crippen LogP contribution in [-0.2, 0) is 28.6 Å². The molecule has 6 nitrogen and oxygen atoms in total. The molecule has 1 atom stereocenters. The van der Waals surface area contributed by atoms with Crippen molar-refractivity contribution in [3.63, 3.8) is 0 Å². The van der Waals surface area contributed by atoms with E-state index in [0.29, 0.717) is 19.3 Å². The lowest BCUT2D eigenvalue weighted by Crippen LogP contribution is -2.30. The van der Waals surface area contributed by atoms with Gasteiger partial charge < -0.3 is 14.2 Å². The van der Waals surface area contributed by atoms with Crippen LogP contribution in [0.2, 0.25) is 0 Å². The van der Waals surface area contributed by atoms with Gasteiger partial charge >= 0.3 is 17.9 Å². The summed E-state index contributed by atoms with van der Waals surface area (Å²) >= 11 is 0. The summed E-state index contributed by atoms with van der Waals surface area (Å²) in [6.07, 6.45) is 46.0. The predicted octanol–water partition coefficient (Wildman–Crippen LogP) is 14.4. The van der Waals surface area contributed by atoms with E-state index in [1.54, 1.807) is 0 Å². The maximum absolute atomic E-state index is 12.7. The Morgan fingerprint density at radius 3 is 1.13 bits per heavy atom. The zero-order valence-corrected chi connectivity index (χ0v) is 35.3.